The number of rotatable bonds is 7. The van der Waals surface area contributed by atoms with Crippen molar-refractivity contribution in [3.63, 3.8) is 0 Å². The number of anilines is 1. The van der Waals surface area contributed by atoms with Gasteiger partial charge in [0.05, 0.1) is 19.2 Å². The summed E-state index contributed by atoms with van der Waals surface area (Å²) in [5.74, 6) is 1.89. The zero-order valence-electron chi connectivity index (χ0n) is 13.1. The lowest BCUT2D eigenvalue weighted by atomic mass is 10.1. The van der Waals surface area contributed by atoms with Crippen molar-refractivity contribution < 1.29 is 9.47 Å². The van der Waals surface area contributed by atoms with Gasteiger partial charge in [0, 0.05) is 23.6 Å². The van der Waals surface area contributed by atoms with Gasteiger partial charge in [0.25, 0.3) is 0 Å². The first-order valence-corrected chi connectivity index (χ1v) is 7.45. The fourth-order valence-electron chi connectivity index (χ4n) is 2.39. The number of pyridine rings is 1. The van der Waals surface area contributed by atoms with Crippen LogP contribution in [0.3, 0.4) is 0 Å². The lowest BCUT2D eigenvalue weighted by molar-refractivity contribution is 0.0896. The highest BCUT2D eigenvalue weighted by molar-refractivity contribution is 5.82. The Hall–Kier alpha value is -1.81. The molecule has 1 atom stereocenters. The first-order valence-electron chi connectivity index (χ1n) is 7.45. The molecule has 0 saturated heterocycles. The van der Waals surface area contributed by atoms with Crippen molar-refractivity contribution in [1.82, 2.24) is 4.98 Å². The molecule has 4 heteroatoms. The molecule has 1 unspecified atom stereocenters. The molecule has 1 heterocycles. The van der Waals surface area contributed by atoms with Gasteiger partial charge in [0.2, 0.25) is 0 Å². The monoisotopic (exact) mass is 288 g/mol. The molecule has 21 heavy (non-hydrogen) atoms. The summed E-state index contributed by atoms with van der Waals surface area (Å²) < 4.78 is 11.0. The topological polar surface area (TPSA) is 57.4 Å². The summed E-state index contributed by atoms with van der Waals surface area (Å²) in [4.78, 5) is 4.44. The Morgan fingerprint density at radius 2 is 2.10 bits per heavy atom. The van der Waals surface area contributed by atoms with Crippen molar-refractivity contribution >= 4 is 16.7 Å². The lowest BCUT2D eigenvalue weighted by Crippen LogP contribution is -2.07. The number of benzene rings is 1. The summed E-state index contributed by atoms with van der Waals surface area (Å²) in [7, 11) is 1.64. The van der Waals surface area contributed by atoms with Gasteiger partial charge < -0.3 is 15.2 Å². The van der Waals surface area contributed by atoms with Gasteiger partial charge in [0.1, 0.15) is 11.6 Å². The van der Waals surface area contributed by atoms with E-state index >= 15 is 0 Å². The quantitative estimate of drug-likeness (QED) is 0.842. The Labute approximate surface area is 126 Å². The van der Waals surface area contributed by atoms with Crippen LogP contribution >= 0.6 is 0 Å². The van der Waals surface area contributed by atoms with Gasteiger partial charge in [0.15, 0.2) is 0 Å². The van der Waals surface area contributed by atoms with Crippen molar-refractivity contribution in [2.45, 2.75) is 33.3 Å². The molecule has 0 amide bonds. The largest absolute Gasteiger partial charge is 0.497 e. The number of hydrogen-bond donors (Lipinski definition) is 1. The van der Waals surface area contributed by atoms with Crippen molar-refractivity contribution in [3.8, 4) is 5.75 Å². The second-order valence-electron chi connectivity index (χ2n) is 5.50. The van der Waals surface area contributed by atoms with E-state index in [9.17, 15) is 0 Å². The number of hydrogen-bond acceptors (Lipinski definition) is 4. The van der Waals surface area contributed by atoms with Crippen LogP contribution in [-0.4, -0.2) is 18.7 Å². The second-order valence-corrected chi connectivity index (χ2v) is 5.50. The van der Waals surface area contributed by atoms with E-state index in [1.165, 1.54) is 12.8 Å². The number of nitrogens with two attached hydrogens (primary N) is 1. The van der Waals surface area contributed by atoms with E-state index in [1.54, 1.807) is 7.11 Å². The fourth-order valence-corrected chi connectivity index (χ4v) is 2.39. The maximum Gasteiger partial charge on any atom is 0.129 e. The van der Waals surface area contributed by atoms with Crippen LogP contribution in [0, 0.1) is 5.92 Å². The molecular formula is C17H24N2O2. The smallest absolute Gasteiger partial charge is 0.129 e. The van der Waals surface area contributed by atoms with E-state index in [0.29, 0.717) is 18.3 Å². The normalized spacial score (nSPS) is 12.5. The van der Waals surface area contributed by atoms with E-state index < -0.39 is 0 Å². The summed E-state index contributed by atoms with van der Waals surface area (Å²) >= 11 is 0. The maximum atomic E-state index is 6.02. The van der Waals surface area contributed by atoms with Crippen LogP contribution in [0.5, 0.6) is 5.75 Å². The Bertz CT molecular complexity index is 599. The van der Waals surface area contributed by atoms with Crippen LogP contribution in [-0.2, 0) is 11.3 Å². The minimum Gasteiger partial charge on any atom is -0.497 e. The van der Waals surface area contributed by atoms with Crippen LogP contribution in [0.15, 0.2) is 24.3 Å². The van der Waals surface area contributed by atoms with Crippen LogP contribution < -0.4 is 10.5 Å². The standard InChI is InChI=1S/C17H24N2O2/c1-4-5-12(2)10-21-11-14-8-13-6-7-15(20-3)9-16(13)19-17(14)18/h6-9,12H,4-5,10-11H2,1-3H3,(H2,18,19). The number of ether oxygens (including phenoxy) is 2. The Morgan fingerprint density at radius 3 is 2.81 bits per heavy atom. The summed E-state index contributed by atoms with van der Waals surface area (Å²) in [5, 5.41) is 1.05. The number of fused-ring (bicyclic) bond motifs is 1. The third-order valence-electron chi connectivity index (χ3n) is 3.58. The molecule has 1 aromatic heterocycles. The zero-order chi connectivity index (χ0) is 15.2. The molecule has 0 aliphatic rings. The van der Waals surface area contributed by atoms with Crippen molar-refractivity contribution in [3.05, 3.63) is 29.8 Å². The molecule has 2 rings (SSSR count). The summed E-state index contributed by atoms with van der Waals surface area (Å²) in [5.41, 5.74) is 7.81. The number of methoxy groups -OCH3 is 1. The molecule has 0 saturated carbocycles. The molecule has 2 aromatic rings. The van der Waals surface area contributed by atoms with E-state index in [-0.39, 0.29) is 0 Å². The average Bonchev–Trinajstić information content (AvgIpc) is 2.47. The maximum absolute atomic E-state index is 6.02. The molecule has 4 nitrogen and oxygen atoms in total. The fraction of sp³-hybridized carbons (Fsp3) is 0.471. The highest BCUT2D eigenvalue weighted by atomic mass is 16.5. The lowest BCUT2D eigenvalue weighted by Gasteiger charge is -2.12. The van der Waals surface area contributed by atoms with E-state index in [1.807, 2.05) is 24.3 Å². The Kier molecular flexibility index (Phi) is 5.39. The minimum atomic E-state index is 0.509. The molecule has 0 aliphatic heterocycles. The summed E-state index contributed by atoms with van der Waals surface area (Å²) in [6, 6.07) is 7.85. The predicted octanol–water partition coefficient (Wildman–Crippen LogP) is 3.78. The second kappa shape index (κ2) is 7.27. The highest BCUT2D eigenvalue weighted by Crippen LogP contribution is 2.23. The SMILES string of the molecule is CCCC(C)COCc1cc2ccc(OC)cc2nc1N. The van der Waals surface area contributed by atoms with E-state index in [2.05, 4.69) is 18.8 Å². The van der Waals surface area contributed by atoms with Crippen LogP contribution in [0.2, 0.25) is 0 Å². The Morgan fingerprint density at radius 1 is 1.29 bits per heavy atom. The molecular weight excluding hydrogens is 264 g/mol. The van der Waals surface area contributed by atoms with Crippen LogP contribution in [0.25, 0.3) is 10.9 Å². The molecule has 2 N–H and O–H groups in total. The van der Waals surface area contributed by atoms with Crippen molar-refractivity contribution in [1.29, 1.82) is 0 Å². The molecule has 0 fully saturated rings. The zero-order valence-corrected chi connectivity index (χ0v) is 13.1. The van der Waals surface area contributed by atoms with Crippen molar-refractivity contribution in [2.24, 2.45) is 5.92 Å². The van der Waals surface area contributed by atoms with E-state index in [4.69, 9.17) is 15.2 Å². The average molecular weight is 288 g/mol. The van der Waals surface area contributed by atoms with Gasteiger partial charge >= 0.3 is 0 Å². The summed E-state index contributed by atoms with van der Waals surface area (Å²) in [6.45, 7) is 5.66. The van der Waals surface area contributed by atoms with Gasteiger partial charge in [-0.3, -0.25) is 0 Å². The molecule has 0 spiro atoms. The number of aromatic nitrogens is 1. The first kappa shape index (κ1) is 15.6. The van der Waals surface area contributed by atoms with Gasteiger partial charge in [-0.15, -0.1) is 0 Å². The van der Waals surface area contributed by atoms with Crippen molar-refractivity contribution in [2.75, 3.05) is 19.5 Å². The van der Waals surface area contributed by atoms with Crippen LogP contribution in [0.4, 0.5) is 5.82 Å². The summed E-state index contributed by atoms with van der Waals surface area (Å²) in [6.07, 6.45) is 2.37. The highest BCUT2D eigenvalue weighted by Gasteiger charge is 2.07. The molecule has 0 bridgehead atoms. The minimum absolute atomic E-state index is 0.509. The van der Waals surface area contributed by atoms with E-state index in [0.717, 1.165) is 28.8 Å². The molecule has 1 aromatic carbocycles. The van der Waals surface area contributed by atoms with Gasteiger partial charge in [-0.1, -0.05) is 20.3 Å². The van der Waals surface area contributed by atoms with Gasteiger partial charge in [-0.05, 0) is 30.5 Å². The first-order chi connectivity index (χ1) is 10.1. The molecule has 0 aliphatic carbocycles. The Balaban J connectivity index is 2.08. The number of nitrogens with zero attached hydrogens (tertiary/aromatic N) is 1. The molecule has 114 valence electrons. The predicted molar refractivity (Wildman–Crippen MR) is 86.4 cm³/mol. The molecule has 0 radical (unpaired) electrons. The number of nitrogen functional groups attached to an aromatic ring is 1. The van der Waals surface area contributed by atoms with Gasteiger partial charge in [-0.2, -0.15) is 0 Å². The van der Waals surface area contributed by atoms with Crippen LogP contribution in [0.1, 0.15) is 32.3 Å². The third kappa shape index (κ3) is 4.08. The van der Waals surface area contributed by atoms with Gasteiger partial charge in [-0.25, -0.2) is 4.98 Å². The third-order valence-corrected chi connectivity index (χ3v) is 3.58.